The lowest BCUT2D eigenvalue weighted by Gasteiger charge is -2.42. The maximum Gasteiger partial charge on any atom is 0.252 e. The van der Waals surface area contributed by atoms with Gasteiger partial charge in [-0.1, -0.05) is 36.4 Å². The number of nitrogens with one attached hydrogen (secondary N) is 2. The molecular formula is C29H36N4O2. The first-order valence-corrected chi connectivity index (χ1v) is 12.9. The number of rotatable bonds is 5. The number of aromatic amines is 1. The number of fused-ring (bicyclic) bond motifs is 1. The van der Waals surface area contributed by atoms with Gasteiger partial charge in [0.15, 0.2) is 0 Å². The zero-order valence-electron chi connectivity index (χ0n) is 20.8. The number of hydrogen-bond donors (Lipinski definition) is 2. The molecule has 2 aliphatic rings. The molecule has 2 amide bonds. The van der Waals surface area contributed by atoms with Crippen molar-refractivity contribution in [3.8, 4) is 0 Å². The van der Waals surface area contributed by atoms with E-state index in [1.54, 1.807) is 0 Å². The van der Waals surface area contributed by atoms with Crippen molar-refractivity contribution in [1.82, 2.24) is 20.1 Å². The van der Waals surface area contributed by atoms with Gasteiger partial charge in [0, 0.05) is 30.4 Å². The smallest absolute Gasteiger partial charge is 0.252 e. The molecule has 2 saturated heterocycles. The highest BCUT2D eigenvalue weighted by Crippen LogP contribution is 2.34. The largest absolute Gasteiger partial charge is 0.361 e. The average molecular weight is 473 g/mol. The SMILES string of the molecule is CN1CCC(C2CCN(C(=O)[C@](C)(NC(=O)c3ccc4cc[nH]c4c3)c3ccccc3)CC2)CC1. The van der Waals surface area contributed by atoms with Gasteiger partial charge in [-0.3, -0.25) is 9.59 Å². The normalized spacial score (nSPS) is 20.0. The van der Waals surface area contributed by atoms with Crippen LogP contribution in [0.2, 0.25) is 0 Å². The maximum atomic E-state index is 14.0. The van der Waals surface area contributed by atoms with Crippen LogP contribution in [0.25, 0.3) is 10.9 Å². The first-order valence-electron chi connectivity index (χ1n) is 12.9. The van der Waals surface area contributed by atoms with Crippen LogP contribution >= 0.6 is 0 Å². The van der Waals surface area contributed by atoms with Gasteiger partial charge in [0.25, 0.3) is 11.8 Å². The Morgan fingerprint density at radius 1 is 0.914 bits per heavy atom. The van der Waals surface area contributed by atoms with Gasteiger partial charge in [-0.15, -0.1) is 0 Å². The van der Waals surface area contributed by atoms with Crippen molar-refractivity contribution in [3.63, 3.8) is 0 Å². The van der Waals surface area contributed by atoms with E-state index in [4.69, 9.17) is 0 Å². The Balaban J connectivity index is 1.33. The molecule has 0 bridgehead atoms. The molecule has 0 radical (unpaired) electrons. The van der Waals surface area contributed by atoms with E-state index in [0.717, 1.165) is 48.3 Å². The molecule has 184 valence electrons. The molecule has 3 aromatic rings. The van der Waals surface area contributed by atoms with Crippen LogP contribution in [0.4, 0.5) is 0 Å². The van der Waals surface area contributed by atoms with Crippen LogP contribution < -0.4 is 5.32 Å². The molecule has 0 spiro atoms. The summed E-state index contributed by atoms with van der Waals surface area (Å²) < 4.78 is 0. The lowest BCUT2D eigenvalue weighted by Crippen LogP contribution is -2.57. The van der Waals surface area contributed by atoms with E-state index in [0.29, 0.717) is 11.5 Å². The number of nitrogens with zero attached hydrogens (tertiary/aromatic N) is 2. The summed E-state index contributed by atoms with van der Waals surface area (Å²) in [4.78, 5) is 34.9. The van der Waals surface area contributed by atoms with Gasteiger partial charge in [-0.25, -0.2) is 0 Å². The molecule has 2 N–H and O–H groups in total. The zero-order chi connectivity index (χ0) is 24.4. The fourth-order valence-corrected chi connectivity index (χ4v) is 5.90. The van der Waals surface area contributed by atoms with E-state index in [1.807, 2.05) is 72.6 Å². The van der Waals surface area contributed by atoms with Crippen molar-refractivity contribution in [2.75, 3.05) is 33.2 Å². The Hall–Kier alpha value is -3.12. The fraction of sp³-hybridized carbons (Fsp3) is 0.448. The number of piperidine rings is 2. The van der Waals surface area contributed by atoms with E-state index in [-0.39, 0.29) is 11.8 Å². The van der Waals surface area contributed by atoms with E-state index < -0.39 is 5.54 Å². The first kappa shape index (κ1) is 23.6. The third kappa shape index (κ3) is 4.85. The second kappa shape index (κ2) is 9.86. The highest BCUT2D eigenvalue weighted by Gasteiger charge is 2.41. The summed E-state index contributed by atoms with van der Waals surface area (Å²) in [6.45, 7) is 5.70. The highest BCUT2D eigenvalue weighted by atomic mass is 16.2. The molecule has 1 atom stereocenters. The van der Waals surface area contributed by atoms with E-state index in [2.05, 4.69) is 22.2 Å². The lowest BCUT2D eigenvalue weighted by atomic mass is 9.78. The number of likely N-dealkylation sites (tertiary alicyclic amines) is 2. The minimum atomic E-state index is -1.14. The van der Waals surface area contributed by atoms with Gasteiger partial charge in [0.1, 0.15) is 5.54 Å². The highest BCUT2D eigenvalue weighted by molar-refractivity contribution is 6.01. The molecular weight excluding hydrogens is 436 g/mol. The molecule has 6 nitrogen and oxygen atoms in total. The Bertz CT molecular complexity index is 1170. The van der Waals surface area contributed by atoms with E-state index in [1.165, 1.54) is 25.9 Å². The Kier molecular flexibility index (Phi) is 6.65. The summed E-state index contributed by atoms with van der Waals surface area (Å²) in [5.74, 6) is 1.19. The molecule has 6 heteroatoms. The Labute approximate surface area is 207 Å². The van der Waals surface area contributed by atoms with Crippen molar-refractivity contribution in [3.05, 3.63) is 71.9 Å². The van der Waals surface area contributed by atoms with Crippen LogP contribution in [0.1, 0.15) is 48.5 Å². The summed E-state index contributed by atoms with van der Waals surface area (Å²) in [5.41, 5.74) is 1.11. The Morgan fingerprint density at radius 3 is 2.26 bits per heavy atom. The summed E-state index contributed by atoms with van der Waals surface area (Å²) in [5, 5.41) is 4.16. The van der Waals surface area contributed by atoms with Gasteiger partial charge in [-0.05, 0) is 93.7 Å². The minimum absolute atomic E-state index is 0.0279. The third-order valence-electron chi connectivity index (χ3n) is 8.22. The summed E-state index contributed by atoms with van der Waals surface area (Å²) in [6.07, 6.45) is 6.47. The average Bonchev–Trinajstić information content (AvgIpc) is 3.37. The van der Waals surface area contributed by atoms with Gasteiger partial charge >= 0.3 is 0 Å². The summed E-state index contributed by atoms with van der Waals surface area (Å²) in [6, 6.07) is 17.2. The van der Waals surface area contributed by atoms with Crippen LogP contribution in [0.15, 0.2) is 60.8 Å². The number of carbonyl (C=O) groups excluding carboxylic acids is 2. The standard InChI is InChI=1S/C29H36N4O2/c1-29(25-6-4-3-5-7-25,31-27(34)24-9-8-23-10-15-30-26(23)20-24)28(35)33-18-13-22(14-19-33)21-11-16-32(2)17-12-21/h3-10,15,20-22,30H,11-14,16-19H2,1-2H3,(H,31,34)/t29-/m1/s1. The van der Waals surface area contributed by atoms with Gasteiger partial charge in [0.2, 0.25) is 0 Å². The van der Waals surface area contributed by atoms with Crippen LogP contribution in [0.5, 0.6) is 0 Å². The number of benzene rings is 2. The van der Waals surface area contributed by atoms with Gasteiger partial charge < -0.3 is 20.1 Å². The molecule has 35 heavy (non-hydrogen) atoms. The van der Waals surface area contributed by atoms with Gasteiger partial charge in [0.05, 0.1) is 0 Å². The number of hydrogen-bond acceptors (Lipinski definition) is 3. The predicted molar refractivity (Wildman–Crippen MR) is 139 cm³/mol. The zero-order valence-corrected chi connectivity index (χ0v) is 20.8. The second-order valence-corrected chi connectivity index (χ2v) is 10.5. The molecule has 2 aromatic carbocycles. The molecule has 0 saturated carbocycles. The first-order chi connectivity index (χ1) is 16.9. The monoisotopic (exact) mass is 472 g/mol. The molecule has 1 aromatic heterocycles. The number of amides is 2. The van der Waals surface area contributed by atoms with Crippen LogP contribution in [0, 0.1) is 11.8 Å². The van der Waals surface area contributed by atoms with Crippen LogP contribution in [-0.4, -0.2) is 59.8 Å². The molecule has 2 aliphatic heterocycles. The van der Waals surface area contributed by atoms with Crippen molar-refractivity contribution < 1.29 is 9.59 Å². The van der Waals surface area contributed by atoms with Crippen molar-refractivity contribution in [2.45, 2.75) is 38.1 Å². The van der Waals surface area contributed by atoms with Crippen molar-refractivity contribution in [1.29, 1.82) is 0 Å². The summed E-state index contributed by atoms with van der Waals surface area (Å²) in [7, 11) is 2.20. The van der Waals surface area contributed by atoms with Crippen molar-refractivity contribution in [2.24, 2.45) is 11.8 Å². The number of aromatic nitrogens is 1. The number of H-pyrrole nitrogens is 1. The fourth-order valence-electron chi connectivity index (χ4n) is 5.90. The number of carbonyl (C=O) groups is 2. The van der Waals surface area contributed by atoms with Crippen LogP contribution in [0.3, 0.4) is 0 Å². The van der Waals surface area contributed by atoms with E-state index in [9.17, 15) is 9.59 Å². The molecule has 2 fully saturated rings. The second-order valence-electron chi connectivity index (χ2n) is 10.5. The molecule has 5 rings (SSSR count). The molecule has 0 aliphatic carbocycles. The minimum Gasteiger partial charge on any atom is -0.361 e. The topological polar surface area (TPSA) is 68.4 Å². The quantitative estimate of drug-likeness (QED) is 0.579. The van der Waals surface area contributed by atoms with Crippen molar-refractivity contribution >= 4 is 22.7 Å². The third-order valence-corrected chi connectivity index (χ3v) is 8.22. The van der Waals surface area contributed by atoms with Crippen LogP contribution in [-0.2, 0) is 10.3 Å². The molecule has 0 unspecified atom stereocenters. The summed E-state index contributed by atoms with van der Waals surface area (Å²) >= 11 is 0. The Morgan fingerprint density at radius 2 is 1.57 bits per heavy atom. The maximum absolute atomic E-state index is 14.0. The molecule has 3 heterocycles. The predicted octanol–water partition coefficient (Wildman–Crippen LogP) is 4.39. The van der Waals surface area contributed by atoms with Gasteiger partial charge in [-0.2, -0.15) is 0 Å². The van der Waals surface area contributed by atoms with E-state index >= 15 is 0 Å². The lowest BCUT2D eigenvalue weighted by molar-refractivity contribution is -0.139.